The van der Waals surface area contributed by atoms with Crippen molar-refractivity contribution in [3.63, 3.8) is 0 Å². The summed E-state index contributed by atoms with van der Waals surface area (Å²) in [4.78, 5) is 0. The molecule has 0 saturated carbocycles. The monoisotopic (exact) mass is 966 g/mol. The van der Waals surface area contributed by atoms with Gasteiger partial charge in [0.05, 0.1) is 0 Å². The van der Waals surface area contributed by atoms with Gasteiger partial charge in [-0.1, -0.05) is 257 Å². The van der Waals surface area contributed by atoms with Crippen LogP contribution >= 0.6 is 0 Å². The molecule has 2 aliphatic rings. The molecule has 356 valence electrons. The van der Waals surface area contributed by atoms with Gasteiger partial charge in [-0.15, -0.1) is 0 Å². The highest BCUT2D eigenvalue weighted by atomic mass is 16.5. The number of fused-ring (bicyclic) bond motifs is 10. The normalized spacial score (nSPS) is 12.8. The van der Waals surface area contributed by atoms with Gasteiger partial charge >= 0.3 is 0 Å². The van der Waals surface area contributed by atoms with Crippen molar-refractivity contribution in [1.82, 2.24) is 0 Å². The van der Waals surface area contributed by atoms with E-state index in [9.17, 15) is 0 Å². The fourth-order valence-electron chi connectivity index (χ4n) is 13.3. The molecule has 1 aliphatic carbocycles. The molecule has 76 heavy (non-hydrogen) atoms. The van der Waals surface area contributed by atoms with E-state index in [0.29, 0.717) is 0 Å². The molecule has 0 radical (unpaired) electrons. The van der Waals surface area contributed by atoms with Gasteiger partial charge in [-0.05, 0) is 156 Å². The standard InChI is InChI=1S/C39H28.C36H22O/c1-39(2)35-21-10-9-14-28(35)33-19-11-20-34(38(33)39)37-31-17-7-5-15-29(31)36(30-16-6-8-18-32(30)37)27-23-22-25-12-3-4-13-26(25)24-27;1-2-11-23(12-3-1)34-26-14-4-6-16-28(26)35(29-17-7-5-15-27(29)34)31-21-22-33-36-25(18-10-19-30(31)36)24-13-8-9-20-32(24)37-33/h3-24H,1-2H3;1-22H. The Morgan fingerprint density at radius 3 is 1.38 bits per heavy atom. The van der Waals surface area contributed by atoms with Gasteiger partial charge in [0.2, 0.25) is 0 Å². The van der Waals surface area contributed by atoms with Gasteiger partial charge in [-0.2, -0.15) is 0 Å². The SMILES string of the molecule is CC1(C)c2ccccc2-c2cccc(-c3c4ccccc4c(-c4ccc5ccccc5c4)c4ccccc34)c21.c1ccc(-c2c3ccccc3c(-c3ccc4c5c(cccc35)-c3ccccc3O4)c3ccccc23)cc1. The Kier molecular flexibility index (Phi) is 9.99. The zero-order valence-corrected chi connectivity index (χ0v) is 42.3. The molecule has 0 amide bonds. The summed E-state index contributed by atoms with van der Waals surface area (Å²) in [5.74, 6) is 1.83. The van der Waals surface area contributed by atoms with Crippen molar-refractivity contribution in [3.05, 3.63) is 278 Å². The smallest absolute Gasteiger partial charge is 0.135 e. The predicted octanol–water partition coefficient (Wildman–Crippen LogP) is 21.0. The van der Waals surface area contributed by atoms with E-state index in [1.54, 1.807) is 0 Å². The Morgan fingerprint density at radius 1 is 0.263 bits per heavy atom. The van der Waals surface area contributed by atoms with Gasteiger partial charge in [0.15, 0.2) is 0 Å². The summed E-state index contributed by atoms with van der Waals surface area (Å²) in [5, 5.41) is 15.2. The van der Waals surface area contributed by atoms with Crippen LogP contribution in [0.25, 0.3) is 131 Å². The van der Waals surface area contributed by atoms with Crippen LogP contribution in [0.15, 0.2) is 267 Å². The summed E-state index contributed by atoms with van der Waals surface area (Å²) in [7, 11) is 0. The minimum atomic E-state index is -0.0816. The molecule has 0 fully saturated rings. The average molecular weight is 967 g/mol. The van der Waals surface area contributed by atoms with Crippen LogP contribution in [0.2, 0.25) is 0 Å². The molecule has 0 unspecified atom stereocenters. The first-order chi connectivity index (χ1) is 37.5. The first kappa shape index (κ1) is 44.0. The summed E-state index contributed by atoms with van der Waals surface area (Å²) in [6.45, 7) is 4.77. The molecule has 0 saturated heterocycles. The van der Waals surface area contributed by atoms with E-state index in [1.165, 1.54) is 137 Å². The minimum absolute atomic E-state index is 0.0816. The van der Waals surface area contributed by atoms with Crippen molar-refractivity contribution < 1.29 is 4.74 Å². The lowest BCUT2D eigenvalue weighted by molar-refractivity contribution is 0.487. The largest absolute Gasteiger partial charge is 0.456 e. The van der Waals surface area contributed by atoms with Crippen LogP contribution in [0.4, 0.5) is 0 Å². The number of hydrogen-bond acceptors (Lipinski definition) is 1. The molecule has 14 aromatic carbocycles. The van der Waals surface area contributed by atoms with Crippen LogP contribution in [-0.2, 0) is 5.41 Å². The first-order valence-corrected chi connectivity index (χ1v) is 26.5. The summed E-state index contributed by atoms with van der Waals surface area (Å²) < 4.78 is 6.39. The summed E-state index contributed by atoms with van der Waals surface area (Å²) in [5.41, 5.74) is 18.1. The third-order valence-corrected chi connectivity index (χ3v) is 16.5. The molecule has 14 aromatic rings. The van der Waals surface area contributed by atoms with Crippen molar-refractivity contribution >= 4 is 64.6 Å². The number of para-hydroxylation sites is 1. The lowest BCUT2D eigenvalue weighted by Gasteiger charge is -2.26. The molecular weight excluding hydrogens is 917 g/mol. The number of rotatable bonds is 4. The number of hydrogen-bond donors (Lipinski definition) is 0. The summed E-state index contributed by atoms with van der Waals surface area (Å²) >= 11 is 0. The third kappa shape index (κ3) is 6.65. The minimum Gasteiger partial charge on any atom is -0.456 e. The van der Waals surface area contributed by atoms with Crippen LogP contribution in [0.1, 0.15) is 25.0 Å². The van der Waals surface area contributed by atoms with E-state index in [1.807, 2.05) is 12.1 Å². The zero-order chi connectivity index (χ0) is 50.5. The van der Waals surface area contributed by atoms with E-state index in [2.05, 4.69) is 269 Å². The second-order valence-electron chi connectivity index (χ2n) is 20.9. The molecule has 16 rings (SSSR count). The van der Waals surface area contributed by atoms with E-state index in [-0.39, 0.29) is 5.41 Å². The molecule has 0 atom stereocenters. The molecule has 1 heteroatoms. The molecular formula is C75H50O. The Balaban J connectivity index is 0.000000133. The van der Waals surface area contributed by atoms with E-state index in [0.717, 1.165) is 17.1 Å². The third-order valence-electron chi connectivity index (χ3n) is 16.5. The van der Waals surface area contributed by atoms with Crippen LogP contribution in [-0.4, -0.2) is 0 Å². The van der Waals surface area contributed by atoms with Gasteiger partial charge < -0.3 is 4.74 Å². The maximum Gasteiger partial charge on any atom is 0.135 e. The van der Waals surface area contributed by atoms with E-state index >= 15 is 0 Å². The molecule has 0 spiro atoms. The van der Waals surface area contributed by atoms with Crippen molar-refractivity contribution in [2.75, 3.05) is 0 Å². The van der Waals surface area contributed by atoms with E-state index in [4.69, 9.17) is 4.74 Å². The molecule has 1 aliphatic heterocycles. The van der Waals surface area contributed by atoms with Crippen LogP contribution < -0.4 is 4.74 Å². The summed E-state index contributed by atoms with van der Waals surface area (Å²) in [6, 6.07) is 97.1. The first-order valence-electron chi connectivity index (χ1n) is 26.5. The lowest BCUT2D eigenvalue weighted by atomic mass is 9.77. The lowest BCUT2D eigenvalue weighted by Crippen LogP contribution is -2.16. The van der Waals surface area contributed by atoms with Gasteiger partial charge in [0.1, 0.15) is 11.5 Å². The number of benzene rings is 14. The van der Waals surface area contributed by atoms with Gasteiger partial charge in [-0.3, -0.25) is 0 Å². The predicted molar refractivity (Wildman–Crippen MR) is 323 cm³/mol. The second kappa shape index (κ2) is 17.3. The Morgan fingerprint density at radius 2 is 0.724 bits per heavy atom. The Bertz CT molecular complexity index is 4580. The summed E-state index contributed by atoms with van der Waals surface area (Å²) in [6.07, 6.45) is 0. The fraction of sp³-hybridized carbons (Fsp3) is 0.0400. The molecule has 1 heterocycles. The van der Waals surface area contributed by atoms with Crippen molar-refractivity contribution in [2.45, 2.75) is 19.3 Å². The molecule has 0 aromatic heterocycles. The zero-order valence-electron chi connectivity index (χ0n) is 42.3. The quantitative estimate of drug-likeness (QED) is 0.160. The average Bonchev–Trinajstić information content (AvgIpc) is 3.88. The number of ether oxygens (including phenoxy) is 1. The molecule has 0 bridgehead atoms. The van der Waals surface area contributed by atoms with Crippen molar-refractivity contribution in [2.24, 2.45) is 0 Å². The van der Waals surface area contributed by atoms with Crippen LogP contribution in [0, 0.1) is 0 Å². The Hall–Kier alpha value is -9.56. The maximum absolute atomic E-state index is 6.39. The Labute approximate surface area is 442 Å². The van der Waals surface area contributed by atoms with Crippen LogP contribution in [0.3, 0.4) is 0 Å². The van der Waals surface area contributed by atoms with Crippen molar-refractivity contribution in [3.8, 4) is 78.3 Å². The topological polar surface area (TPSA) is 9.23 Å². The molecule has 1 nitrogen and oxygen atoms in total. The maximum atomic E-state index is 6.39. The van der Waals surface area contributed by atoms with Crippen LogP contribution in [0.5, 0.6) is 11.5 Å². The highest BCUT2D eigenvalue weighted by molar-refractivity contribution is 6.25. The highest BCUT2D eigenvalue weighted by Gasteiger charge is 2.38. The molecule has 0 N–H and O–H groups in total. The van der Waals surface area contributed by atoms with Gasteiger partial charge in [0, 0.05) is 16.4 Å². The fourth-order valence-corrected chi connectivity index (χ4v) is 13.3. The van der Waals surface area contributed by atoms with Gasteiger partial charge in [0.25, 0.3) is 0 Å². The van der Waals surface area contributed by atoms with E-state index < -0.39 is 0 Å². The highest BCUT2D eigenvalue weighted by Crippen LogP contribution is 2.55. The second-order valence-corrected chi connectivity index (χ2v) is 20.9. The van der Waals surface area contributed by atoms with Gasteiger partial charge in [-0.25, -0.2) is 0 Å². The van der Waals surface area contributed by atoms with Crippen molar-refractivity contribution in [1.29, 1.82) is 0 Å².